The topological polar surface area (TPSA) is 38.7 Å². The van der Waals surface area contributed by atoms with Crippen LogP contribution in [0.4, 0.5) is 0 Å². The molecule has 0 atom stereocenters. The van der Waals surface area contributed by atoms with Crippen molar-refractivity contribution in [3.63, 3.8) is 0 Å². The molecule has 1 radical (unpaired) electrons. The summed E-state index contributed by atoms with van der Waals surface area (Å²) >= 11 is 1.78. The van der Waals surface area contributed by atoms with Gasteiger partial charge in [-0.05, 0) is 65.6 Å². The Hall–Kier alpha value is -4.02. The van der Waals surface area contributed by atoms with Gasteiger partial charge in [-0.1, -0.05) is 78.7 Å². The molecule has 0 fully saturated rings. The standard InChI is InChI=1S/C20H18N.C16H9N2S.Ir/c1-14-9-10-18(20-11-15(2)16(3)13-21-20)12-19(14)17-7-5-4-6-8-17;1-2-4-15-12(3-1)13-9-14(18-10-16(13)19-15)11-5-7-17-8-6-11;/h4-9,11-13H,1-3H3;1-5,7-10H;/q2*-1;. The molecule has 0 aliphatic rings. The molecule has 0 unspecified atom stereocenters. The van der Waals surface area contributed by atoms with Crippen LogP contribution in [-0.4, -0.2) is 15.0 Å². The number of hydrogen-bond acceptors (Lipinski definition) is 4. The number of benzene rings is 3. The van der Waals surface area contributed by atoms with E-state index in [4.69, 9.17) is 0 Å². The second-order valence-electron chi connectivity index (χ2n) is 9.78. The summed E-state index contributed by atoms with van der Waals surface area (Å²) in [7, 11) is 0. The molecule has 0 spiro atoms. The average molecular weight is 726 g/mol. The van der Waals surface area contributed by atoms with E-state index in [9.17, 15) is 0 Å². The van der Waals surface area contributed by atoms with Gasteiger partial charge < -0.3 is 9.97 Å². The summed E-state index contributed by atoms with van der Waals surface area (Å²) < 4.78 is 2.52. The van der Waals surface area contributed by atoms with Crippen LogP contribution >= 0.6 is 11.3 Å². The Morgan fingerprint density at radius 3 is 2.17 bits per heavy atom. The molecular formula is C36H27IrN3S-2. The summed E-state index contributed by atoms with van der Waals surface area (Å²) in [6.45, 7) is 6.32. The molecule has 3 nitrogen and oxygen atoms in total. The molecule has 0 saturated heterocycles. The number of aromatic nitrogens is 3. The van der Waals surface area contributed by atoms with E-state index in [0.29, 0.717) is 0 Å². The third-order valence-corrected chi connectivity index (χ3v) is 8.17. The Morgan fingerprint density at radius 1 is 0.634 bits per heavy atom. The van der Waals surface area contributed by atoms with Gasteiger partial charge in [-0.3, -0.25) is 4.98 Å². The third-order valence-electron chi connectivity index (χ3n) is 7.05. The van der Waals surface area contributed by atoms with Gasteiger partial charge in [0.1, 0.15) is 0 Å². The van der Waals surface area contributed by atoms with Crippen LogP contribution in [0.1, 0.15) is 16.7 Å². The molecule has 7 aromatic rings. The van der Waals surface area contributed by atoms with Gasteiger partial charge in [0.2, 0.25) is 0 Å². The monoisotopic (exact) mass is 726 g/mol. The van der Waals surface area contributed by atoms with Gasteiger partial charge >= 0.3 is 0 Å². The molecule has 0 saturated carbocycles. The summed E-state index contributed by atoms with van der Waals surface area (Å²) in [5, 5.41) is 2.55. The average Bonchev–Trinajstić information content (AvgIpc) is 3.38. The van der Waals surface area contributed by atoms with E-state index in [2.05, 4.69) is 121 Å². The predicted octanol–water partition coefficient (Wildman–Crippen LogP) is 9.45. The van der Waals surface area contributed by atoms with Crippen LogP contribution in [0.3, 0.4) is 0 Å². The first-order valence-electron chi connectivity index (χ1n) is 13.2. The van der Waals surface area contributed by atoms with Crippen LogP contribution < -0.4 is 0 Å². The minimum Gasteiger partial charge on any atom is -0.319 e. The zero-order chi connectivity index (χ0) is 27.5. The van der Waals surface area contributed by atoms with Crippen molar-refractivity contribution in [2.45, 2.75) is 20.8 Å². The maximum Gasteiger partial charge on any atom is 0.0515 e. The van der Waals surface area contributed by atoms with Gasteiger partial charge in [-0.25, -0.2) is 0 Å². The zero-order valence-electron chi connectivity index (χ0n) is 23.0. The Balaban J connectivity index is 0.000000161. The van der Waals surface area contributed by atoms with Crippen LogP contribution in [0.15, 0.2) is 110 Å². The van der Waals surface area contributed by atoms with Gasteiger partial charge in [0, 0.05) is 37.2 Å². The largest absolute Gasteiger partial charge is 0.319 e. The van der Waals surface area contributed by atoms with Crippen LogP contribution in [0.5, 0.6) is 0 Å². The maximum absolute atomic E-state index is 4.54. The first-order valence-corrected chi connectivity index (χ1v) is 14.0. The number of pyridine rings is 3. The van der Waals surface area contributed by atoms with Crippen LogP contribution in [0.25, 0.3) is 53.8 Å². The molecule has 0 aliphatic heterocycles. The van der Waals surface area contributed by atoms with Crippen LogP contribution in [-0.2, 0) is 20.1 Å². The van der Waals surface area contributed by atoms with Crippen molar-refractivity contribution in [1.29, 1.82) is 0 Å². The molecule has 0 bridgehead atoms. The first-order chi connectivity index (χ1) is 19.6. The molecule has 41 heavy (non-hydrogen) atoms. The van der Waals surface area contributed by atoms with Crippen molar-refractivity contribution in [3.05, 3.63) is 139 Å². The van der Waals surface area contributed by atoms with E-state index >= 15 is 0 Å². The second-order valence-corrected chi connectivity index (χ2v) is 10.9. The minimum atomic E-state index is 0. The van der Waals surface area contributed by atoms with Crippen LogP contribution in [0.2, 0.25) is 0 Å². The summed E-state index contributed by atoms with van der Waals surface area (Å²) in [4.78, 5) is 13.1. The summed E-state index contributed by atoms with van der Waals surface area (Å²) in [5.41, 5.74) is 10.1. The normalized spacial score (nSPS) is 10.6. The van der Waals surface area contributed by atoms with E-state index in [0.717, 1.165) is 22.5 Å². The third kappa shape index (κ3) is 6.18. The molecule has 0 N–H and O–H groups in total. The van der Waals surface area contributed by atoms with Crippen molar-refractivity contribution in [3.8, 4) is 33.6 Å². The van der Waals surface area contributed by atoms with E-state index in [1.807, 2.05) is 24.5 Å². The number of hydrogen-bond donors (Lipinski definition) is 0. The molecule has 7 rings (SSSR count). The summed E-state index contributed by atoms with van der Waals surface area (Å²) in [6.07, 6.45) is 7.32. The number of rotatable bonds is 3. The van der Waals surface area contributed by atoms with Gasteiger partial charge in [-0.15, -0.1) is 46.7 Å². The molecule has 4 aromatic heterocycles. The number of aryl methyl sites for hydroxylation is 3. The Bertz CT molecular complexity index is 1930. The molecule has 0 amide bonds. The van der Waals surface area contributed by atoms with Crippen molar-refractivity contribution in [2.75, 3.05) is 0 Å². The Morgan fingerprint density at radius 2 is 1.39 bits per heavy atom. The number of fused-ring (bicyclic) bond motifs is 3. The molecule has 3 aromatic carbocycles. The summed E-state index contributed by atoms with van der Waals surface area (Å²) in [6, 6.07) is 35.8. The van der Waals surface area contributed by atoms with E-state index in [-0.39, 0.29) is 20.1 Å². The summed E-state index contributed by atoms with van der Waals surface area (Å²) in [5.74, 6) is 0. The molecule has 4 heterocycles. The number of thiophene rings is 1. The van der Waals surface area contributed by atoms with Gasteiger partial charge in [-0.2, -0.15) is 11.6 Å². The van der Waals surface area contributed by atoms with Gasteiger partial charge in [0.05, 0.1) is 4.70 Å². The molecule has 0 aliphatic carbocycles. The van der Waals surface area contributed by atoms with Crippen molar-refractivity contribution < 1.29 is 20.1 Å². The van der Waals surface area contributed by atoms with E-state index in [1.54, 1.807) is 23.7 Å². The minimum absolute atomic E-state index is 0. The van der Waals surface area contributed by atoms with Gasteiger partial charge in [0.15, 0.2) is 0 Å². The SMILES string of the molecule is Cc1cnc(-c2[c-]cc(C)c(-c3ccccc3)c2)cc1C.[Ir].[c-]1cnccc1-c1cc2c(cn1)sc1ccccc12. The molecular weight excluding hydrogens is 699 g/mol. The first kappa shape index (κ1) is 28.5. The Kier molecular flexibility index (Phi) is 8.80. The fourth-order valence-electron chi connectivity index (χ4n) is 4.67. The fraction of sp³-hybridized carbons (Fsp3) is 0.0833. The maximum atomic E-state index is 4.54. The van der Waals surface area contributed by atoms with E-state index in [1.165, 1.54) is 48.0 Å². The van der Waals surface area contributed by atoms with Crippen molar-refractivity contribution >= 4 is 31.5 Å². The number of nitrogens with zero attached hydrogens (tertiary/aromatic N) is 3. The van der Waals surface area contributed by atoms with E-state index < -0.39 is 0 Å². The van der Waals surface area contributed by atoms with Crippen molar-refractivity contribution in [1.82, 2.24) is 15.0 Å². The van der Waals surface area contributed by atoms with Crippen LogP contribution in [0, 0.1) is 32.9 Å². The fourth-order valence-corrected chi connectivity index (χ4v) is 5.72. The second kappa shape index (κ2) is 12.7. The van der Waals surface area contributed by atoms with Crippen molar-refractivity contribution in [2.24, 2.45) is 0 Å². The smallest absolute Gasteiger partial charge is 0.0515 e. The zero-order valence-corrected chi connectivity index (χ0v) is 26.2. The molecule has 5 heteroatoms. The predicted molar refractivity (Wildman–Crippen MR) is 167 cm³/mol. The quantitative estimate of drug-likeness (QED) is 0.171. The molecule has 203 valence electrons. The Labute approximate surface area is 258 Å². The van der Waals surface area contributed by atoms with Gasteiger partial charge in [0.25, 0.3) is 0 Å².